The van der Waals surface area contributed by atoms with Gasteiger partial charge in [-0.1, -0.05) is 12.1 Å². The number of halogens is 3. The molecule has 0 radical (unpaired) electrons. The number of alkyl halides is 3. The van der Waals surface area contributed by atoms with Crippen LogP contribution in [0.3, 0.4) is 0 Å². The highest BCUT2D eigenvalue weighted by Gasteiger charge is 2.33. The summed E-state index contributed by atoms with van der Waals surface area (Å²) in [6, 6.07) is 5.24. The Kier molecular flexibility index (Phi) is 4.82. The van der Waals surface area contributed by atoms with Crippen molar-refractivity contribution in [3.63, 3.8) is 0 Å². The Balaban J connectivity index is 1.93. The van der Waals surface area contributed by atoms with E-state index in [4.69, 9.17) is 17.0 Å². The van der Waals surface area contributed by atoms with Gasteiger partial charge in [0.2, 0.25) is 0 Å². The molecule has 110 valence electrons. The van der Waals surface area contributed by atoms with Gasteiger partial charge >= 0.3 is 6.18 Å². The molecule has 1 aliphatic heterocycles. The highest BCUT2D eigenvalue weighted by Crippen LogP contribution is 2.34. The zero-order valence-electron chi connectivity index (χ0n) is 10.7. The van der Waals surface area contributed by atoms with Crippen molar-refractivity contribution in [1.82, 2.24) is 5.32 Å². The van der Waals surface area contributed by atoms with Gasteiger partial charge in [0.1, 0.15) is 0 Å². The maximum Gasteiger partial charge on any atom is 0.418 e. The van der Waals surface area contributed by atoms with Gasteiger partial charge in [-0.3, -0.25) is 0 Å². The first kappa shape index (κ1) is 15.1. The van der Waals surface area contributed by atoms with E-state index in [1.807, 2.05) is 0 Å². The van der Waals surface area contributed by atoms with Crippen LogP contribution in [0, 0.1) is 0 Å². The quantitative estimate of drug-likeness (QED) is 0.840. The third-order valence-electron chi connectivity index (χ3n) is 2.99. The van der Waals surface area contributed by atoms with Crippen LogP contribution in [0.1, 0.15) is 18.4 Å². The van der Waals surface area contributed by atoms with E-state index >= 15 is 0 Å². The number of para-hydroxylation sites is 1. The fourth-order valence-electron chi connectivity index (χ4n) is 2.02. The van der Waals surface area contributed by atoms with Gasteiger partial charge in [-0.15, -0.1) is 0 Å². The molecule has 1 unspecified atom stereocenters. The SMILES string of the molecule is FC(F)(F)c1ccccc1NC(=S)NCC1CCCO1. The average molecular weight is 304 g/mol. The summed E-state index contributed by atoms with van der Waals surface area (Å²) in [5, 5.41) is 5.63. The van der Waals surface area contributed by atoms with E-state index in [9.17, 15) is 13.2 Å². The van der Waals surface area contributed by atoms with E-state index in [0.29, 0.717) is 6.54 Å². The zero-order valence-corrected chi connectivity index (χ0v) is 11.5. The molecule has 0 aromatic heterocycles. The molecule has 7 heteroatoms. The number of rotatable bonds is 3. The summed E-state index contributed by atoms with van der Waals surface area (Å²) < 4.78 is 43.8. The van der Waals surface area contributed by atoms with E-state index in [0.717, 1.165) is 25.5 Å². The van der Waals surface area contributed by atoms with Crippen LogP contribution in [0.25, 0.3) is 0 Å². The molecule has 20 heavy (non-hydrogen) atoms. The van der Waals surface area contributed by atoms with Crippen molar-refractivity contribution < 1.29 is 17.9 Å². The Morgan fingerprint density at radius 2 is 2.10 bits per heavy atom. The average Bonchev–Trinajstić information content (AvgIpc) is 2.89. The number of ether oxygens (including phenoxy) is 1. The number of hydrogen-bond acceptors (Lipinski definition) is 2. The van der Waals surface area contributed by atoms with E-state index in [-0.39, 0.29) is 16.9 Å². The third-order valence-corrected chi connectivity index (χ3v) is 3.24. The van der Waals surface area contributed by atoms with Gasteiger partial charge in [0.05, 0.1) is 17.4 Å². The summed E-state index contributed by atoms with van der Waals surface area (Å²) >= 11 is 5.01. The third kappa shape index (κ3) is 4.08. The van der Waals surface area contributed by atoms with Gasteiger partial charge in [-0.05, 0) is 37.2 Å². The van der Waals surface area contributed by atoms with E-state index in [1.54, 1.807) is 0 Å². The van der Waals surface area contributed by atoms with Gasteiger partial charge < -0.3 is 15.4 Å². The Bertz CT molecular complexity index is 473. The number of nitrogens with one attached hydrogen (secondary N) is 2. The lowest BCUT2D eigenvalue weighted by Gasteiger charge is -2.17. The molecule has 2 rings (SSSR count). The van der Waals surface area contributed by atoms with E-state index < -0.39 is 11.7 Å². The minimum atomic E-state index is -4.41. The molecule has 0 bridgehead atoms. The second kappa shape index (κ2) is 6.41. The van der Waals surface area contributed by atoms with E-state index in [2.05, 4.69) is 10.6 Å². The van der Waals surface area contributed by atoms with Crippen molar-refractivity contribution in [2.45, 2.75) is 25.1 Å². The van der Waals surface area contributed by atoms with Crippen molar-refractivity contribution in [3.8, 4) is 0 Å². The minimum Gasteiger partial charge on any atom is -0.376 e. The largest absolute Gasteiger partial charge is 0.418 e. The van der Waals surface area contributed by atoms with Crippen LogP contribution in [0.2, 0.25) is 0 Å². The van der Waals surface area contributed by atoms with Gasteiger partial charge in [0.15, 0.2) is 5.11 Å². The number of thiocarbonyl (C=S) groups is 1. The number of benzene rings is 1. The van der Waals surface area contributed by atoms with Gasteiger partial charge in [-0.2, -0.15) is 13.2 Å². The second-order valence-corrected chi connectivity index (χ2v) is 4.92. The highest BCUT2D eigenvalue weighted by atomic mass is 32.1. The first-order valence-corrected chi connectivity index (χ1v) is 6.70. The monoisotopic (exact) mass is 304 g/mol. The first-order valence-electron chi connectivity index (χ1n) is 6.29. The van der Waals surface area contributed by atoms with E-state index in [1.165, 1.54) is 18.2 Å². The summed E-state index contributed by atoms with van der Waals surface area (Å²) in [6.45, 7) is 1.23. The van der Waals surface area contributed by atoms with Gasteiger partial charge in [0, 0.05) is 13.2 Å². The molecule has 2 N–H and O–H groups in total. The van der Waals surface area contributed by atoms with Crippen molar-refractivity contribution in [2.75, 3.05) is 18.5 Å². The summed E-state index contributed by atoms with van der Waals surface area (Å²) in [5.74, 6) is 0. The lowest BCUT2D eigenvalue weighted by Crippen LogP contribution is -2.35. The normalized spacial score (nSPS) is 18.9. The molecule has 3 nitrogen and oxygen atoms in total. The van der Waals surface area contributed by atoms with Gasteiger partial charge in [-0.25, -0.2) is 0 Å². The lowest BCUT2D eigenvalue weighted by atomic mass is 10.1. The molecular weight excluding hydrogens is 289 g/mol. The molecule has 0 amide bonds. The standard InChI is InChI=1S/C13H15F3N2OS/c14-13(15,16)10-5-1-2-6-11(10)18-12(20)17-8-9-4-3-7-19-9/h1-2,5-6,9H,3-4,7-8H2,(H2,17,18,20). The molecule has 0 saturated carbocycles. The summed E-state index contributed by atoms with van der Waals surface area (Å²) in [4.78, 5) is 0. The van der Waals surface area contributed by atoms with Crippen LogP contribution < -0.4 is 10.6 Å². The molecule has 1 atom stereocenters. The molecule has 1 aromatic rings. The maximum atomic E-state index is 12.8. The highest BCUT2D eigenvalue weighted by molar-refractivity contribution is 7.80. The predicted octanol–water partition coefficient (Wildman–Crippen LogP) is 3.17. The molecule has 1 aromatic carbocycles. The molecule has 1 saturated heterocycles. The Morgan fingerprint density at radius 1 is 1.35 bits per heavy atom. The van der Waals surface area contributed by atoms with Crippen molar-refractivity contribution in [2.24, 2.45) is 0 Å². The van der Waals surface area contributed by atoms with Crippen molar-refractivity contribution in [3.05, 3.63) is 29.8 Å². The smallest absolute Gasteiger partial charge is 0.376 e. The fourth-order valence-corrected chi connectivity index (χ4v) is 2.21. The predicted molar refractivity (Wildman–Crippen MR) is 74.6 cm³/mol. The van der Waals surface area contributed by atoms with Crippen LogP contribution in [-0.2, 0) is 10.9 Å². The molecule has 1 aliphatic rings. The Labute approximate surface area is 120 Å². The van der Waals surface area contributed by atoms with Crippen LogP contribution in [0.4, 0.5) is 18.9 Å². The fraction of sp³-hybridized carbons (Fsp3) is 0.462. The van der Waals surface area contributed by atoms with Crippen LogP contribution >= 0.6 is 12.2 Å². The minimum absolute atomic E-state index is 0.0511. The summed E-state index contributed by atoms with van der Waals surface area (Å²) in [6.07, 6.45) is -2.39. The van der Waals surface area contributed by atoms with Crippen molar-refractivity contribution in [1.29, 1.82) is 0 Å². The van der Waals surface area contributed by atoms with Crippen LogP contribution in [0.5, 0.6) is 0 Å². The Morgan fingerprint density at radius 3 is 2.75 bits per heavy atom. The van der Waals surface area contributed by atoms with Crippen LogP contribution in [-0.4, -0.2) is 24.4 Å². The second-order valence-electron chi connectivity index (χ2n) is 4.51. The molecule has 1 heterocycles. The summed E-state index contributed by atoms with van der Waals surface area (Å²) in [7, 11) is 0. The topological polar surface area (TPSA) is 33.3 Å². The Hall–Kier alpha value is -1.34. The number of anilines is 1. The summed E-state index contributed by atoms with van der Waals surface area (Å²) in [5.41, 5.74) is -0.786. The lowest BCUT2D eigenvalue weighted by molar-refractivity contribution is -0.136. The number of hydrogen-bond donors (Lipinski definition) is 2. The maximum absolute atomic E-state index is 12.8. The molecule has 0 aliphatic carbocycles. The van der Waals surface area contributed by atoms with Crippen LogP contribution in [0.15, 0.2) is 24.3 Å². The molecule has 1 fully saturated rings. The molecule has 0 spiro atoms. The molecular formula is C13H15F3N2OS. The zero-order chi connectivity index (χ0) is 14.6. The van der Waals surface area contributed by atoms with Crippen molar-refractivity contribution >= 4 is 23.0 Å². The first-order chi connectivity index (χ1) is 9.47. The van der Waals surface area contributed by atoms with Gasteiger partial charge in [0.25, 0.3) is 0 Å².